The fraction of sp³-hybridized carbons (Fsp3) is 0.857. The number of guanidine groups is 1. The largest absolute Gasteiger partial charge is 0.383 e. The topological polar surface area (TPSA) is 66.0 Å². The average molecular weight is 282 g/mol. The standard InChI is InChI=1S/C14H26N4O2/c1-11(2)10-18-7-4-14(5-8-18)12(19)16-13(17-14)15-6-9-20-3/h11H,4-10H2,1-3H3,(H2,15,16,17,19). The van der Waals surface area contributed by atoms with Crippen LogP contribution in [-0.4, -0.2) is 62.2 Å². The van der Waals surface area contributed by atoms with Crippen LogP contribution in [0.1, 0.15) is 26.7 Å². The van der Waals surface area contributed by atoms with Crippen LogP contribution in [0.25, 0.3) is 0 Å². The lowest BCUT2D eigenvalue weighted by Crippen LogP contribution is -2.55. The molecule has 0 atom stereocenters. The van der Waals surface area contributed by atoms with Gasteiger partial charge in [0.1, 0.15) is 5.54 Å². The number of likely N-dealkylation sites (tertiary alicyclic amines) is 1. The molecule has 2 N–H and O–H groups in total. The molecule has 0 radical (unpaired) electrons. The number of ether oxygens (including phenoxy) is 1. The third-order valence-electron chi connectivity index (χ3n) is 3.92. The Morgan fingerprint density at radius 3 is 2.70 bits per heavy atom. The molecule has 0 bridgehead atoms. The van der Waals surface area contributed by atoms with Crippen molar-refractivity contribution in [3.8, 4) is 0 Å². The molecule has 0 aromatic heterocycles. The highest BCUT2D eigenvalue weighted by Gasteiger charge is 2.46. The number of amides is 1. The Morgan fingerprint density at radius 1 is 1.40 bits per heavy atom. The second-order valence-corrected chi connectivity index (χ2v) is 6.08. The Kier molecular flexibility index (Phi) is 4.99. The summed E-state index contributed by atoms with van der Waals surface area (Å²) in [5.41, 5.74) is -0.445. The van der Waals surface area contributed by atoms with E-state index in [0.717, 1.165) is 32.5 Å². The zero-order valence-electron chi connectivity index (χ0n) is 12.7. The first-order valence-corrected chi connectivity index (χ1v) is 7.41. The van der Waals surface area contributed by atoms with Gasteiger partial charge in [0.05, 0.1) is 13.2 Å². The molecule has 2 rings (SSSR count). The van der Waals surface area contributed by atoms with Gasteiger partial charge in [-0.15, -0.1) is 0 Å². The van der Waals surface area contributed by atoms with Crippen LogP contribution >= 0.6 is 0 Å². The highest BCUT2D eigenvalue weighted by Crippen LogP contribution is 2.25. The molecule has 0 unspecified atom stereocenters. The van der Waals surface area contributed by atoms with Gasteiger partial charge in [0.15, 0.2) is 5.96 Å². The summed E-state index contributed by atoms with van der Waals surface area (Å²) in [7, 11) is 1.65. The summed E-state index contributed by atoms with van der Waals surface area (Å²) < 4.78 is 4.96. The summed E-state index contributed by atoms with van der Waals surface area (Å²) in [6.07, 6.45) is 1.68. The van der Waals surface area contributed by atoms with E-state index in [1.807, 2.05) is 0 Å². The number of hydrogen-bond acceptors (Lipinski definition) is 4. The third kappa shape index (κ3) is 3.49. The second kappa shape index (κ2) is 6.54. The van der Waals surface area contributed by atoms with E-state index >= 15 is 0 Å². The molecule has 0 saturated carbocycles. The van der Waals surface area contributed by atoms with Crippen molar-refractivity contribution >= 4 is 11.9 Å². The van der Waals surface area contributed by atoms with Crippen LogP contribution < -0.4 is 10.6 Å². The molecule has 2 heterocycles. The van der Waals surface area contributed by atoms with Crippen molar-refractivity contribution in [2.45, 2.75) is 32.2 Å². The third-order valence-corrected chi connectivity index (χ3v) is 3.92. The van der Waals surface area contributed by atoms with Crippen LogP contribution in [0.15, 0.2) is 4.99 Å². The number of methoxy groups -OCH3 is 1. The highest BCUT2D eigenvalue weighted by atomic mass is 16.5. The number of carbonyl (C=O) groups is 1. The average Bonchev–Trinajstić information content (AvgIpc) is 2.69. The first-order chi connectivity index (χ1) is 9.55. The molecule has 0 aromatic carbocycles. The minimum absolute atomic E-state index is 0.0675. The minimum Gasteiger partial charge on any atom is -0.383 e. The molecule has 2 aliphatic heterocycles. The zero-order valence-corrected chi connectivity index (χ0v) is 12.7. The number of nitrogens with one attached hydrogen (secondary N) is 2. The van der Waals surface area contributed by atoms with E-state index in [1.54, 1.807) is 7.11 Å². The summed E-state index contributed by atoms with van der Waals surface area (Å²) in [5, 5.41) is 6.15. The maximum atomic E-state index is 12.2. The van der Waals surface area contributed by atoms with Gasteiger partial charge in [0.25, 0.3) is 5.91 Å². The van der Waals surface area contributed by atoms with Crippen LogP contribution in [0.5, 0.6) is 0 Å². The monoisotopic (exact) mass is 282 g/mol. The number of hydrogen-bond donors (Lipinski definition) is 2. The molecule has 2 fully saturated rings. The lowest BCUT2D eigenvalue weighted by Gasteiger charge is -2.37. The molecule has 1 spiro atoms. The molecular formula is C14H26N4O2. The lowest BCUT2D eigenvalue weighted by atomic mass is 9.87. The van der Waals surface area contributed by atoms with Gasteiger partial charge in [-0.2, -0.15) is 0 Å². The maximum Gasteiger partial charge on any atom is 0.252 e. The fourth-order valence-corrected chi connectivity index (χ4v) is 2.86. The normalized spacial score (nSPS) is 24.4. The van der Waals surface area contributed by atoms with Crippen molar-refractivity contribution in [2.75, 3.05) is 39.9 Å². The van der Waals surface area contributed by atoms with Crippen LogP contribution in [0, 0.1) is 5.92 Å². The van der Waals surface area contributed by atoms with Gasteiger partial charge in [-0.05, 0) is 18.8 Å². The molecule has 6 heteroatoms. The summed E-state index contributed by atoms with van der Waals surface area (Å²) in [5.74, 6) is 1.34. The number of aliphatic imine (C=N–C) groups is 1. The Morgan fingerprint density at radius 2 is 2.10 bits per heavy atom. The first kappa shape index (κ1) is 15.3. The maximum absolute atomic E-state index is 12.2. The number of rotatable bonds is 5. The van der Waals surface area contributed by atoms with Gasteiger partial charge in [-0.1, -0.05) is 13.8 Å². The van der Waals surface area contributed by atoms with E-state index in [-0.39, 0.29) is 5.91 Å². The molecule has 2 aliphatic rings. The van der Waals surface area contributed by atoms with E-state index in [9.17, 15) is 4.79 Å². The number of nitrogens with zero attached hydrogens (tertiary/aromatic N) is 2. The smallest absolute Gasteiger partial charge is 0.252 e. The second-order valence-electron chi connectivity index (χ2n) is 6.08. The fourth-order valence-electron chi connectivity index (χ4n) is 2.86. The Hall–Kier alpha value is -1.14. The summed E-state index contributed by atoms with van der Waals surface area (Å²) in [6, 6.07) is 0. The lowest BCUT2D eigenvalue weighted by molar-refractivity contribution is -0.125. The van der Waals surface area contributed by atoms with Gasteiger partial charge in [-0.25, -0.2) is 0 Å². The van der Waals surface area contributed by atoms with Gasteiger partial charge < -0.3 is 15.0 Å². The van der Waals surface area contributed by atoms with Gasteiger partial charge in [0, 0.05) is 26.7 Å². The number of piperidine rings is 1. The molecule has 1 amide bonds. The van der Waals surface area contributed by atoms with E-state index in [2.05, 4.69) is 34.4 Å². The first-order valence-electron chi connectivity index (χ1n) is 7.41. The van der Waals surface area contributed by atoms with Gasteiger partial charge in [-0.3, -0.25) is 15.1 Å². The summed E-state index contributed by atoms with van der Waals surface area (Å²) >= 11 is 0. The molecule has 2 saturated heterocycles. The van der Waals surface area contributed by atoms with Crippen molar-refractivity contribution in [2.24, 2.45) is 10.9 Å². The molecule has 0 aliphatic carbocycles. The summed E-state index contributed by atoms with van der Waals surface area (Å²) in [4.78, 5) is 19.0. The van der Waals surface area contributed by atoms with Crippen LogP contribution in [0.4, 0.5) is 0 Å². The van der Waals surface area contributed by atoms with E-state index in [4.69, 9.17) is 4.74 Å². The Balaban J connectivity index is 1.90. The van der Waals surface area contributed by atoms with E-state index in [0.29, 0.717) is 25.0 Å². The van der Waals surface area contributed by atoms with Crippen molar-refractivity contribution in [1.82, 2.24) is 15.5 Å². The molecule has 20 heavy (non-hydrogen) atoms. The van der Waals surface area contributed by atoms with Crippen molar-refractivity contribution in [3.63, 3.8) is 0 Å². The highest BCUT2D eigenvalue weighted by molar-refractivity contribution is 6.09. The molecule has 6 nitrogen and oxygen atoms in total. The molecule has 114 valence electrons. The SMILES string of the molecule is COCCN=C1NC(=O)C2(CCN(CC(C)C)CC2)N1. The number of carbonyl (C=O) groups excluding carboxylic acids is 1. The predicted molar refractivity (Wildman–Crippen MR) is 78.7 cm³/mol. The van der Waals surface area contributed by atoms with Crippen molar-refractivity contribution in [1.29, 1.82) is 0 Å². The van der Waals surface area contributed by atoms with E-state index in [1.165, 1.54) is 0 Å². The van der Waals surface area contributed by atoms with Gasteiger partial charge in [0.2, 0.25) is 0 Å². The van der Waals surface area contributed by atoms with E-state index < -0.39 is 5.54 Å². The van der Waals surface area contributed by atoms with Crippen LogP contribution in [-0.2, 0) is 9.53 Å². The quantitative estimate of drug-likeness (QED) is 0.707. The van der Waals surface area contributed by atoms with Crippen molar-refractivity contribution < 1.29 is 9.53 Å². The summed E-state index contributed by atoms with van der Waals surface area (Å²) in [6.45, 7) is 8.61. The molecule has 0 aromatic rings. The Labute approximate surface area is 121 Å². The predicted octanol–water partition coefficient (Wildman–Crippen LogP) is 0.199. The minimum atomic E-state index is -0.445. The van der Waals surface area contributed by atoms with Gasteiger partial charge >= 0.3 is 0 Å². The molecular weight excluding hydrogens is 256 g/mol. The van der Waals surface area contributed by atoms with Crippen LogP contribution in [0.3, 0.4) is 0 Å². The zero-order chi connectivity index (χ0) is 14.6. The van der Waals surface area contributed by atoms with Crippen LogP contribution in [0.2, 0.25) is 0 Å². The van der Waals surface area contributed by atoms with Crippen molar-refractivity contribution in [3.05, 3.63) is 0 Å². The Bertz CT molecular complexity index is 373.